The molecule has 1 heterocycles. The normalized spacial score (nSPS) is 14.6. The van der Waals surface area contributed by atoms with Crippen LogP contribution in [-0.2, 0) is 13.0 Å². The Kier molecular flexibility index (Phi) is 7.11. The minimum Gasteiger partial charge on any atom is -0.493 e. The first-order valence-corrected chi connectivity index (χ1v) is 10.9. The van der Waals surface area contributed by atoms with Crippen molar-refractivity contribution in [1.82, 2.24) is 0 Å². The van der Waals surface area contributed by atoms with Crippen LogP contribution in [0.2, 0.25) is 0 Å². The second-order valence-corrected chi connectivity index (χ2v) is 7.85. The van der Waals surface area contributed by atoms with Crippen LogP contribution in [0.3, 0.4) is 0 Å². The van der Waals surface area contributed by atoms with Gasteiger partial charge in [0.25, 0.3) is 0 Å². The maximum Gasteiger partial charge on any atom is 0.204 e. The summed E-state index contributed by atoms with van der Waals surface area (Å²) in [6.45, 7) is 0.662. The summed E-state index contributed by atoms with van der Waals surface area (Å²) in [7, 11) is 6.13. The van der Waals surface area contributed by atoms with Gasteiger partial charge >= 0.3 is 0 Å². The summed E-state index contributed by atoms with van der Waals surface area (Å²) in [4.78, 5) is 13.5. The molecular weight excluding hydrogens is 436 g/mol. The van der Waals surface area contributed by atoms with Crippen LogP contribution in [0, 0.1) is 5.92 Å². The van der Waals surface area contributed by atoms with E-state index in [2.05, 4.69) is 0 Å². The molecule has 0 aromatic heterocycles. The number of hydrogen-bond donors (Lipinski definition) is 0. The van der Waals surface area contributed by atoms with E-state index in [4.69, 9.17) is 28.4 Å². The van der Waals surface area contributed by atoms with Gasteiger partial charge in [-0.3, -0.25) is 4.79 Å². The number of hydrogen-bond acceptors (Lipinski definition) is 7. The van der Waals surface area contributed by atoms with Crippen LogP contribution in [0.4, 0.5) is 0 Å². The topological polar surface area (TPSA) is 72.5 Å². The molecule has 0 fully saturated rings. The highest BCUT2D eigenvalue weighted by Gasteiger charge is 2.35. The van der Waals surface area contributed by atoms with E-state index in [1.807, 2.05) is 48.5 Å². The monoisotopic (exact) mass is 464 g/mol. The molecule has 7 heteroatoms. The Morgan fingerprint density at radius 3 is 2.21 bits per heavy atom. The Morgan fingerprint density at radius 1 is 0.794 bits per heavy atom. The van der Waals surface area contributed by atoms with Gasteiger partial charge in [-0.1, -0.05) is 36.4 Å². The van der Waals surface area contributed by atoms with E-state index in [1.165, 1.54) is 21.3 Å². The van der Waals surface area contributed by atoms with Gasteiger partial charge in [0.15, 0.2) is 28.8 Å². The van der Waals surface area contributed by atoms with Gasteiger partial charge in [0.05, 0.1) is 41.0 Å². The van der Waals surface area contributed by atoms with Crippen LogP contribution in [-0.4, -0.2) is 40.8 Å². The van der Waals surface area contributed by atoms with Gasteiger partial charge in [-0.25, -0.2) is 0 Å². The molecule has 1 atom stereocenters. The molecule has 34 heavy (non-hydrogen) atoms. The van der Waals surface area contributed by atoms with Crippen LogP contribution in [0.5, 0.6) is 34.5 Å². The van der Waals surface area contributed by atoms with E-state index in [1.54, 1.807) is 13.2 Å². The summed E-state index contributed by atoms with van der Waals surface area (Å²) in [6, 6.07) is 17.3. The first kappa shape index (κ1) is 23.3. The minimum atomic E-state index is -0.394. The number of fused-ring (bicyclic) bond motifs is 1. The maximum atomic E-state index is 13.5. The second-order valence-electron chi connectivity index (χ2n) is 7.85. The van der Waals surface area contributed by atoms with Crippen molar-refractivity contribution in [2.24, 2.45) is 5.92 Å². The SMILES string of the molecule is COc1ccc(CC2COc3cc(OC)c(OC)c(OC)c3C2=O)cc1OCc1ccccc1. The standard InChI is InChI=1S/C27H28O7/c1-29-20-11-10-18(13-21(20)33-15-17-8-6-5-7-9-17)12-19-16-34-22-14-23(30-2)26(31-3)27(32-4)24(22)25(19)28/h5-11,13-14,19H,12,15-16H2,1-4H3. The quantitative estimate of drug-likeness (QED) is 0.453. The van der Waals surface area contributed by atoms with Gasteiger partial charge in [0.1, 0.15) is 17.9 Å². The smallest absolute Gasteiger partial charge is 0.204 e. The molecule has 7 nitrogen and oxygen atoms in total. The second kappa shape index (κ2) is 10.4. The van der Waals surface area contributed by atoms with Crippen LogP contribution < -0.4 is 28.4 Å². The van der Waals surface area contributed by atoms with E-state index in [0.717, 1.165) is 11.1 Å². The molecule has 1 aliphatic heterocycles. The Hall–Kier alpha value is -3.87. The highest BCUT2D eigenvalue weighted by molar-refractivity contribution is 6.05. The van der Waals surface area contributed by atoms with Gasteiger partial charge in [0, 0.05) is 6.07 Å². The predicted octanol–water partition coefficient (Wildman–Crippen LogP) is 4.73. The third-order valence-corrected chi connectivity index (χ3v) is 5.80. The average molecular weight is 465 g/mol. The number of methoxy groups -OCH3 is 4. The summed E-state index contributed by atoms with van der Waals surface area (Å²) in [5, 5.41) is 0. The lowest BCUT2D eigenvalue weighted by atomic mass is 9.88. The van der Waals surface area contributed by atoms with Crippen molar-refractivity contribution < 1.29 is 33.2 Å². The number of ketones is 1. The first-order valence-electron chi connectivity index (χ1n) is 10.9. The highest BCUT2D eigenvalue weighted by Crippen LogP contribution is 2.47. The molecule has 0 saturated carbocycles. The van der Waals surface area contributed by atoms with Crippen molar-refractivity contribution in [2.45, 2.75) is 13.0 Å². The summed E-state index contributed by atoms with van der Waals surface area (Å²) in [5.74, 6) is 2.34. The fraction of sp³-hybridized carbons (Fsp3) is 0.296. The van der Waals surface area contributed by atoms with E-state index in [9.17, 15) is 4.79 Å². The maximum absolute atomic E-state index is 13.5. The number of ether oxygens (including phenoxy) is 6. The van der Waals surface area contributed by atoms with Crippen molar-refractivity contribution >= 4 is 5.78 Å². The molecule has 1 unspecified atom stereocenters. The molecule has 4 rings (SSSR count). The number of benzene rings is 3. The molecule has 178 valence electrons. The molecule has 0 bridgehead atoms. The Morgan fingerprint density at radius 2 is 1.53 bits per heavy atom. The van der Waals surface area contributed by atoms with Crippen molar-refractivity contribution in [3.8, 4) is 34.5 Å². The Bertz CT molecular complexity index is 1160. The fourth-order valence-corrected chi connectivity index (χ4v) is 4.08. The summed E-state index contributed by atoms with van der Waals surface area (Å²) >= 11 is 0. The lowest BCUT2D eigenvalue weighted by Gasteiger charge is -2.27. The molecule has 0 amide bonds. The Labute approximate surface area is 199 Å². The largest absolute Gasteiger partial charge is 0.493 e. The Balaban J connectivity index is 1.58. The van der Waals surface area contributed by atoms with Gasteiger partial charge in [-0.05, 0) is 29.7 Å². The van der Waals surface area contributed by atoms with Crippen LogP contribution in [0.25, 0.3) is 0 Å². The third-order valence-electron chi connectivity index (χ3n) is 5.80. The molecule has 0 N–H and O–H groups in total. The lowest BCUT2D eigenvalue weighted by molar-refractivity contribution is 0.0823. The average Bonchev–Trinajstić information content (AvgIpc) is 2.88. The van der Waals surface area contributed by atoms with Crippen molar-refractivity contribution in [3.05, 3.63) is 71.3 Å². The molecule has 3 aromatic rings. The molecular formula is C27H28O7. The lowest BCUT2D eigenvalue weighted by Crippen LogP contribution is -2.30. The minimum absolute atomic E-state index is 0.0679. The number of rotatable bonds is 9. The van der Waals surface area contributed by atoms with E-state index < -0.39 is 5.92 Å². The summed E-state index contributed by atoms with van der Waals surface area (Å²) < 4.78 is 33.8. The van der Waals surface area contributed by atoms with Crippen molar-refractivity contribution in [1.29, 1.82) is 0 Å². The van der Waals surface area contributed by atoms with Crippen LogP contribution in [0.15, 0.2) is 54.6 Å². The zero-order valence-corrected chi connectivity index (χ0v) is 19.8. The molecule has 0 saturated heterocycles. The highest BCUT2D eigenvalue weighted by atomic mass is 16.5. The summed E-state index contributed by atoms with van der Waals surface area (Å²) in [6.07, 6.45) is 0.474. The zero-order chi connectivity index (χ0) is 24.1. The van der Waals surface area contributed by atoms with Crippen molar-refractivity contribution in [2.75, 3.05) is 35.0 Å². The summed E-state index contributed by atoms with van der Waals surface area (Å²) in [5.41, 5.74) is 2.36. The number of carbonyl (C=O) groups is 1. The van der Waals surface area contributed by atoms with Crippen molar-refractivity contribution in [3.63, 3.8) is 0 Å². The number of Topliss-reactive ketones (excluding diaryl/α,β-unsaturated/α-hetero) is 1. The van der Waals surface area contributed by atoms with E-state index in [0.29, 0.717) is 53.1 Å². The first-order chi connectivity index (χ1) is 16.6. The van der Waals surface area contributed by atoms with Crippen LogP contribution in [0.1, 0.15) is 21.5 Å². The van der Waals surface area contributed by atoms with Gasteiger partial charge in [-0.15, -0.1) is 0 Å². The van der Waals surface area contributed by atoms with E-state index in [-0.39, 0.29) is 12.4 Å². The van der Waals surface area contributed by atoms with Gasteiger partial charge < -0.3 is 28.4 Å². The molecule has 3 aromatic carbocycles. The van der Waals surface area contributed by atoms with Crippen LogP contribution >= 0.6 is 0 Å². The number of carbonyl (C=O) groups excluding carboxylic acids is 1. The predicted molar refractivity (Wildman–Crippen MR) is 127 cm³/mol. The fourth-order valence-electron chi connectivity index (χ4n) is 4.08. The van der Waals surface area contributed by atoms with Gasteiger partial charge in [0.2, 0.25) is 5.75 Å². The molecule has 0 aliphatic carbocycles. The molecule has 0 radical (unpaired) electrons. The molecule has 1 aliphatic rings. The zero-order valence-electron chi connectivity index (χ0n) is 19.8. The third kappa shape index (κ3) is 4.59. The molecule has 0 spiro atoms. The van der Waals surface area contributed by atoms with Gasteiger partial charge in [-0.2, -0.15) is 0 Å². The van der Waals surface area contributed by atoms with E-state index >= 15 is 0 Å².